The highest BCUT2D eigenvalue weighted by Gasteiger charge is 2.25. The molecule has 3 heteroatoms. The van der Waals surface area contributed by atoms with E-state index in [1.165, 1.54) is 0 Å². The summed E-state index contributed by atoms with van der Waals surface area (Å²) in [5, 5.41) is 9.32. The van der Waals surface area contributed by atoms with Gasteiger partial charge in [-0.3, -0.25) is 0 Å². The number of rotatable bonds is 2. The van der Waals surface area contributed by atoms with Gasteiger partial charge in [0.25, 0.3) is 0 Å². The van der Waals surface area contributed by atoms with E-state index in [1.807, 2.05) is 13.8 Å². The van der Waals surface area contributed by atoms with E-state index in [0.29, 0.717) is 13.0 Å². The lowest BCUT2D eigenvalue weighted by Gasteiger charge is -2.30. The van der Waals surface area contributed by atoms with Gasteiger partial charge < -0.3 is 14.6 Å². The van der Waals surface area contributed by atoms with Crippen LogP contribution in [0.3, 0.4) is 0 Å². The van der Waals surface area contributed by atoms with Gasteiger partial charge in [0.1, 0.15) is 0 Å². The third-order valence-corrected chi connectivity index (χ3v) is 1.81. The van der Waals surface area contributed by atoms with Crippen LogP contribution in [0.2, 0.25) is 0 Å². The maximum atomic E-state index is 9.32. The largest absolute Gasteiger partial charge is 0.393 e. The van der Waals surface area contributed by atoms with Gasteiger partial charge in [-0.05, 0) is 20.3 Å². The van der Waals surface area contributed by atoms with Crippen molar-refractivity contribution in [2.24, 2.45) is 0 Å². The van der Waals surface area contributed by atoms with Crippen molar-refractivity contribution in [3.8, 4) is 0 Å². The number of aliphatic hydroxyl groups excluding tert-OH is 1. The fourth-order valence-electron chi connectivity index (χ4n) is 1.36. The topological polar surface area (TPSA) is 38.7 Å². The van der Waals surface area contributed by atoms with E-state index in [2.05, 4.69) is 0 Å². The molecule has 1 saturated heterocycles. The van der Waals surface area contributed by atoms with Gasteiger partial charge in [0.15, 0.2) is 6.29 Å². The summed E-state index contributed by atoms with van der Waals surface area (Å²) in [6.07, 6.45) is 1.01. The molecule has 1 heterocycles. The Bertz CT molecular complexity index is 106. The third-order valence-electron chi connectivity index (χ3n) is 1.81. The van der Waals surface area contributed by atoms with Crippen molar-refractivity contribution < 1.29 is 14.6 Å². The minimum absolute atomic E-state index is 0.121. The van der Waals surface area contributed by atoms with Gasteiger partial charge in [-0.15, -0.1) is 0 Å². The monoisotopic (exact) mass is 160 g/mol. The molecule has 0 radical (unpaired) electrons. The molecule has 0 unspecified atom stereocenters. The van der Waals surface area contributed by atoms with Crippen molar-refractivity contribution in [1.82, 2.24) is 0 Å². The van der Waals surface area contributed by atoms with Crippen LogP contribution in [0.1, 0.15) is 26.7 Å². The molecule has 0 aromatic heterocycles. The smallest absolute Gasteiger partial charge is 0.160 e. The van der Waals surface area contributed by atoms with Crippen molar-refractivity contribution in [2.45, 2.75) is 45.2 Å². The van der Waals surface area contributed by atoms with E-state index in [4.69, 9.17) is 9.47 Å². The summed E-state index contributed by atoms with van der Waals surface area (Å²) in [6, 6.07) is 0. The standard InChI is InChI=1S/C8H16O3/c1-3-10-8-5-7(9)4-6(2)11-8/h6-9H,3-5H2,1-2H3/t6-,7+,8-/m0/s1. The third kappa shape index (κ3) is 2.77. The van der Waals surface area contributed by atoms with Crippen LogP contribution in [-0.2, 0) is 9.47 Å². The number of hydrogen-bond acceptors (Lipinski definition) is 3. The molecule has 66 valence electrons. The quantitative estimate of drug-likeness (QED) is 0.652. The molecule has 0 aromatic carbocycles. The van der Waals surface area contributed by atoms with Gasteiger partial charge in [-0.2, -0.15) is 0 Å². The zero-order chi connectivity index (χ0) is 8.27. The van der Waals surface area contributed by atoms with Gasteiger partial charge >= 0.3 is 0 Å². The molecule has 0 aromatic rings. The van der Waals surface area contributed by atoms with Crippen molar-refractivity contribution in [1.29, 1.82) is 0 Å². The van der Waals surface area contributed by atoms with Crippen LogP contribution in [0.5, 0.6) is 0 Å². The first-order valence-corrected chi connectivity index (χ1v) is 4.17. The molecule has 3 atom stereocenters. The molecule has 1 rings (SSSR count). The lowest BCUT2D eigenvalue weighted by molar-refractivity contribution is -0.208. The molecule has 1 aliphatic rings. The Hall–Kier alpha value is -0.120. The average molecular weight is 160 g/mol. The van der Waals surface area contributed by atoms with Crippen LogP contribution in [0.15, 0.2) is 0 Å². The van der Waals surface area contributed by atoms with Gasteiger partial charge in [-0.1, -0.05) is 0 Å². The Morgan fingerprint density at radius 3 is 2.82 bits per heavy atom. The summed E-state index contributed by atoms with van der Waals surface area (Å²) < 4.78 is 10.7. The van der Waals surface area contributed by atoms with E-state index in [9.17, 15) is 5.11 Å². The summed E-state index contributed by atoms with van der Waals surface area (Å²) >= 11 is 0. The van der Waals surface area contributed by atoms with Crippen molar-refractivity contribution >= 4 is 0 Å². The second-order valence-corrected chi connectivity index (χ2v) is 2.96. The summed E-state index contributed by atoms with van der Waals surface area (Å²) in [4.78, 5) is 0. The molecule has 0 aliphatic carbocycles. The highest BCUT2D eigenvalue weighted by molar-refractivity contribution is 4.69. The SMILES string of the molecule is CCO[C@@H]1C[C@H](O)C[C@H](C)O1. The van der Waals surface area contributed by atoms with Crippen molar-refractivity contribution in [2.75, 3.05) is 6.61 Å². The van der Waals surface area contributed by atoms with E-state index < -0.39 is 0 Å². The summed E-state index contributed by atoms with van der Waals surface area (Å²) in [5.41, 5.74) is 0. The molecule has 3 nitrogen and oxygen atoms in total. The second-order valence-electron chi connectivity index (χ2n) is 2.96. The zero-order valence-electron chi connectivity index (χ0n) is 7.12. The number of ether oxygens (including phenoxy) is 2. The fraction of sp³-hybridized carbons (Fsp3) is 1.00. The molecular weight excluding hydrogens is 144 g/mol. The highest BCUT2D eigenvalue weighted by Crippen LogP contribution is 2.19. The molecule has 0 spiro atoms. The highest BCUT2D eigenvalue weighted by atomic mass is 16.7. The minimum Gasteiger partial charge on any atom is -0.393 e. The van der Waals surface area contributed by atoms with Crippen LogP contribution < -0.4 is 0 Å². The molecule has 1 aliphatic heterocycles. The summed E-state index contributed by atoms with van der Waals surface area (Å²) in [6.45, 7) is 4.52. The van der Waals surface area contributed by atoms with Crippen LogP contribution in [0.25, 0.3) is 0 Å². The predicted molar refractivity (Wildman–Crippen MR) is 41.2 cm³/mol. The Morgan fingerprint density at radius 1 is 1.55 bits per heavy atom. The predicted octanol–water partition coefficient (Wildman–Crippen LogP) is 0.909. The lowest BCUT2D eigenvalue weighted by atomic mass is 10.1. The van der Waals surface area contributed by atoms with E-state index in [1.54, 1.807) is 0 Å². The molecule has 0 saturated carbocycles. The van der Waals surface area contributed by atoms with Gasteiger partial charge in [0.05, 0.1) is 12.2 Å². The fourth-order valence-corrected chi connectivity index (χ4v) is 1.36. The first-order valence-electron chi connectivity index (χ1n) is 4.17. The summed E-state index contributed by atoms with van der Waals surface area (Å²) in [7, 11) is 0. The maximum Gasteiger partial charge on any atom is 0.160 e. The number of aliphatic hydroxyl groups is 1. The first-order chi connectivity index (χ1) is 5.22. The van der Waals surface area contributed by atoms with Gasteiger partial charge in [0, 0.05) is 13.0 Å². The molecule has 1 N–H and O–H groups in total. The van der Waals surface area contributed by atoms with E-state index in [-0.39, 0.29) is 18.5 Å². The van der Waals surface area contributed by atoms with E-state index in [0.717, 1.165) is 6.42 Å². The lowest BCUT2D eigenvalue weighted by Crippen LogP contribution is -2.35. The van der Waals surface area contributed by atoms with Crippen molar-refractivity contribution in [3.05, 3.63) is 0 Å². The van der Waals surface area contributed by atoms with Crippen LogP contribution >= 0.6 is 0 Å². The Morgan fingerprint density at radius 2 is 2.27 bits per heavy atom. The molecule has 11 heavy (non-hydrogen) atoms. The first kappa shape index (κ1) is 8.97. The Kier molecular flexibility index (Phi) is 3.30. The molecular formula is C8H16O3. The minimum atomic E-state index is -0.254. The van der Waals surface area contributed by atoms with Gasteiger partial charge in [0.2, 0.25) is 0 Å². The van der Waals surface area contributed by atoms with Crippen LogP contribution in [-0.4, -0.2) is 30.2 Å². The van der Waals surface area contributed by atoms with Gasteiger partial charge in [-0.25, -0.2) is 0 Å². The van der Waals surface area contributed by atoms with E-state index >= 15 is 0 Å². The van der Waals surface area contributed by atoms with Crippen molar-refractivity contribution in [3.63, 3.8) is 0 Å². The Labute approximate surface area is 67.3 Å². The summed E-state index contributed by atoms with van der Waals surface area (Å²) in [5.74, 6) is 0. The van der Waals surface area contributed by atoms with Crippen LogP contribution in [0, 0.1) is 0 Å². The zero-order valence-corrected chi connectivity index (χ0v) is 7.12. The number of hydrogen-bond donors (Lipinski definition) is 1. The molecule has 0 amide bonds. The normalized spacial score (nSPS) is 39.0. The Balaban J connectivity index is 2.30. The molecule has 1 fully saturated rings. The maximum absolute atomic E-state index is 9.32. The second kappa shape index (κ2) is 4.04. The average Bonchev–Trinajstić information content (AvgIpc) is 1.85. The van der Waals surface area contributed by atoms with Crippen LogP contribution in [0.4, 0.5) is 0 Å². The molecule has 0 bridgehead atoms.